The van der Waals surface area contributed by atoms with Gasteiger partial charge in [0.2, 0.25) is 11.9 Å². The van der Waals surface area contributed by atoms with Crippen LogP contribution in [-0.4, -0.2) is 21.5 Å². The van der Waals surface area contributed by atoms with Crippen LogP contribution in [0.4, 0.5) is 5.95 Å². The molecule has 1 aromatic heterocycles. The number of hydrogen-bond donors (Lipinski definition) is 2. The number of carbonyl (C=O) groups is 1. The van der Waals surface area contributed by atoms with E-state index in [9.17, 15) is 4.79 Å². The Morgan fingerprint density at radius 3 is 2.79 bits per heavy atom. The van der Waals surface area contributed by atoms with Gasteiger partial charge in [0.05, 0.1) is 21.1 Å². The molecule has 19 heavy (non-hydrogen) atoms. The van der Waals surface area contributed by atoms with Crippen LogP contribution in [0.2, 0.25) is 10.0 Å². The van der Waals surface area contributed by atoms with Crippen LogP contribution in [0.1, 0.15) is 12.8 Å². The second kappa shape index (κ2) is 4.58. The van der Waals surface area contributed by atoms with Crippen LogP contribution in [0.5, 0.6) is 0 Å². The molecule has 0 aliphatic heterocycles. The summed E-state index contributed by atoms with van der Waals surface area (Å²) in [6.45, 7) is 0.136. The van der Waals surface area contributed by atoms with Crippen molar-refractivity contribution in [3.05, 3.63) is 22.2 Å². The van der Waals surface area contributed by atoms with Gasteiger partial charge in [-0.25, -0.2) is 4.98 Å². The van der Waals surface area contributed by atoms with E-state index in [1.807, 2.05) is 0 Å². The Morgan fingerprint density at radius 1 is 1.42 bits per heavy atom. The van der Waals surface area contributed by atoms with Crippen molar-refractivity contribution < 1.29 is 4.79 Å². The number of nitrogens with two attached hydrogens (primary N) is 1. The van der Waals surface area contributed by atoms with Crippen LogP contribution in [0.3, 0.4) is 0 Å². The molecule has 0 saturated heterocycles. The monoisotopic (exact) mass is 298 g/mol. The van der Waals surface area contributed by atoms with Gasteiger partial charge in [0, 0.05) is 6.04 Å². The summed E-state index contributed by atoms with van der Waals surface area (Å²) in [4.78, 5) is 16.0. The van der Waals surface area contributed by atoms with E-state index in [4.69, 9.17) is 28.9 Å². The van der Waals surface area contributed by atoms with Crippen LogP contribution < -0.4 is 11.1 Å². The molecule has 1 saturated carbocycles. The number of rotatable bonds is 3. The molecular formula is C12H12Cl2N4O. The van der Waals surface area contributed by atoms with Gasteiger partial charge in [-0.2, -0.15) is 0 Å². The molecule has 0 radical (unpaired) electrons. The number of anilines is 1. The molecule has 0 atom stereocenters. The molecule has 7 heteroatoms. The highest BCUT2D eigenvalue weighted by Gasteiger charge is 2.24. The van der Waals surface area contributed by atoms with E-state index in [0.717, 1.165) is 12.8 Å². The van der Waals surface area contributed by atoms with E-state index >= 15 is 0 Å². The van der Waals surface area contributed by atoms with E-state index < -0.39 is 0 Å². The first-order chi connectivity index (χ1) is 9.04. The van der Waals surface area contributed by atoms with E-state index in [1.165, 1.54) is 0 Å². The number of carbonyl (C=O) groups excluding carboxylic acids is 1. The molecule has 0 spiro atoms. The average molecular weight is 299 g/mol. The summed E-state index contributed by atoms with van der Waals surface area (Å²) in [5, 5.41) is 3.74. The van der Waals surface area contributed by atoms with Gasteiger partial charge in [-0.1, -0.05) is 23.2 Å². The molecule has 1 fully saturated rings. The number of nitrogens with zero attached hydrogens (tertiary/aromatic N) is 2. The van der Waals surface area contributed by atoms with Crippen molar-refractivity contribution in [2.24, 2.45) is 0 Å². The number of hydrogen-bond acceptors (Lipinski definition) is 3. The molecular weight excluding hydrogens is 287 g/mol. The Balaban J connectivity index is 1.94. The zero-order valence-electron chi connectivity index (χ0n) is 9.99. The fourth-order valence-corrected chi connectivity index (χ4v) is 2.27. The molecule has 1 amide bonds. The van der Waals surface area contributed by atoms with Crippen molar-refractivity contribution in [3.63, 3.8) is 0 Å². The van der Waals surface area contributed by atoms with Crippen molar-refractivity contribution >= 4 is 46.1 Å². The summed E-state index contributed by atoms with van der Waals surface area (Å²) in [7, 11) is 0. The maximum Gasteiger partial charge on any atom is 0.240 e. The lowest BCUT2D eigenvalue weighted by Crippen LogP contribution is -2.29. The molecule has 1 heterocycles. The Hall–Kier alpha value is -1.46. The van der Waals surface area contributed by atoms with E-state index in [2.05, 4.69) is 10.3 Å². The van der Waals surface area contributed by atoms with E-state index in [-0.39, 0.29) is 18.4 Å². The first kappa shape index (κ1) is 12.6. The third-order valence-electron chi connectivity index (χ3n) is 3.06. The predicted octanol–water partition coefficient (Wildman–Crippen LogP) is 2.20. The summed E-state index contributed by atoms with van der Waals surface area (Å²) >= 11 is 11.9. The quantitative estimate of drug-likeness (QED) is 0.912. The smallest absolute Gasteiger partial charge is 0.240 e. The van der Waals surface area contributed by atoms with Gasteiger partial charge < -0.3 is 15.6 Å². The van der Waals surface area contributed by atoms with Gasteiger partial charge >= 0.3 is 0 Å². The van der Waals surface area contributed by atoms with Crippen LogP contribution in [0, 0.1) is 0 Å². The number of aromatic nitrogens is 2. The number of imidazole rings is 1. The second-order valence-electron chi connectivity index (χ2n) is 4.65. The topological polar surface area (TPSA) is 72.9 Å². The molecule has 2 aromatic rings. The summed E-state index contributed by atoms with van der Waals surface area (Å²) in [5.74, 6) is 0.207. The Kier molecular flexibility index (Phi) is 3.03. The maximum absolute atomic E-state index is 11.8. The standard InChI is InChI=1S/C12H12Cl2N4O/c13-7-3-9-10(4-8(7)14)18(12(15)17-9)5-11(19)16-6-1-2-6/h3-4,6H,1-2,5H2,(H2,15,17)(H,16,19). The zero-order chi connectivity index (χ0) is 13.6. The third kappa shape index (κ3) is 2.48. The number of nitrogen functional groups attached to an aromatic ring is 1. The number of halogens is 2. The van der Waals surface area contributed by atoms with E-state index in [0.29, 0.717) is 27.1 Å². The lowest BCUT2D eigenvalue weighted by molar-refractivity contribution is -0.121. The SMILES string of the molecule is Nc1nc2cc(Cl)c(Cl)cc2n1CC(=O)NC1CC1. The van der Waals surface area contributed by atoms with Crippen LogP contribution in [0.15, 0.2) is 12.1 Å². The first-order valence-electron chi connectivity index (χ1n) is 5.94. The highest BCUT2D eigenvalue weighted by molar-refractivity contribution is 6.42. The molecule has 1 aliphatic carbocycles. The van der Waals surface area contributed by atoms with Crippen LogP contribution >= 0.6 is 23.2 Å². The van der Waals surface area contributed by atoms with Gasteiger partial charge in [0.1, 0.15) is 6.54 Å². The highest BCUT2D eigenvalue weighted by atomic mass is 35.5. The fraction of sp³-hybridized carbons (Fsp3) is 0.333. The van der Waals surface area contributed by atoms with Gasteiger partial charge in [0.15, 0.2) is 0 Å². The van der Waals surface area contributed by atoms with Crippen molar-refractivity contribution in [1.82, 2.24) is 14.9 Å². The lowest BCUT2D eigenvalue weighted by Gasteiger charge is -2.07. The number of amides is 1. The van der Waals surface area contributed by atoms with Crippen molar-refractivity contribution in [3.8, 4) is 0 Å². The Bertz CT molecular complexity index is 663. The number of fused-ring (bicyclic) bond motifs is 1. The molecule has 1 aliphatic rings. The van der Waals surface area contributed by atoms with Gasteiger partial charge in [-0.3, -0.25) is 4.79 Å². The molecule has 5 nitrogen and oxygen atoms in total. The number of benzene rings is 1. The lowest BCUT2D eigenvalue weighted by atomic mass is 10.3. The molecule has 3 N–H and O–H groups in total. The van der Waals surface area contributed by atoms with E-state index in [1.54, 1.807) is 16.7 Å². The fourth-order valence-electron chi connectivity index (χ4n) is 1.95. The van der Waals surface area contributed by atoms with Gasteiger partial charge in [0.25, 0.3) is 0 Å². The second-order valence-corrected chi connectivity index (χ2v) is 5.47. The Morgan fingerprint density at radius 2 is 2.11 bits per heavy atom. The van der Waals surface area contributed by atoms with Crippen molar-refractivity contribution in [2.45, 2.75) is 25.4 Å². The Labute approximate surface area is 119 Å². The summed E-state index contributed by atoms with van der Waals surface area (Å²) in [5.41, 5.74) is 7.17. The highest BCUT2D eigenvalue weighted by Crippen LogP contribution is 2.29. The normalized spacial score (nSPS) is 14.8. The van der Waals surface area contributed by atoms with Gasteiger partial charge in [-0.15, -0.1) is 0 Å². The molecule has 0 bridgehead atoms. The van der Waals surface area contributed by atoms with Crippen LogP contribution in [0.25, 0.3) is 11.0 Å². The van der Waals surface area contributed by atoms with Crippen LogP contribution in [-0.2, 0) is 11.3 Å². The maximum atomic E-state index is 11.8. The summed E-state index contributed by atoms with van der Waals surface area (Å²) in [6, 6.07) is 3.64. The molecule has 3 rings (SSSR count). The number of nitrogens with one attached hydrogen (secondary N) is 1. The largest absolute Gasteiger partial charge is 0.369 e. The van der Waals surface area contributed by atoms with Crippen molar-refractivity contribution in [1.29, 1.82) is 0 Å². The first-order valence-corrected chi connectivity index (χ1v) is 6.70. The minimum absolute atomic E-state index is 0.0698. The third-order valence-corrected chi connectivity index (χ3v) is 3.79. The zero-order valence-corrected chi connectivity index (χ0v) is 11.5. The predicted molar refractivity (Wildman–Crippen MR) is 75.3 cm³/mol. The molecule has 0 unspecified atom stereocenters. The minimum atomic E-state index is -0.0698. The average Bonchev–Trinajstić information content (AvgIpc) is 3.09. The minimum Gasteiger partial charge on any atom is -0.369 e. The molecule has 100 valence electrons. The molecule has 1 aromatic carbocycles. The van der Waals surface area contributed by atoms with Gasteiger partial charge in [-0.05, 0) is 25.0 Å². The summed E-state index contributed by atoms with van der Waals surface area (Å²) in [6.07, 6.45) is 2.10. The summed E-state index contributed by atoms with van der Waals surface area (Å²) < 4.78 is 1.63. The van der Waals surface area contributed by atoms with Crippen molar-refractivity contribution in [2.75, 3.05) is 5.73 Å².